The maximum absolute atomic E-state index is 12.2. The van der Waals surface area contributed by atoms with Crippen molar-refractivity contribution in [1.29, 1.82) is 0 Å². The zero-order valence-electron chi connectivity index (χ0n) is 15.3. The molecule has 2 rings (SSSR count). The highest BCUT2D eigenvalue weighted by atomic mass is 79.9. The number of carbonyl (C=O) groups excluding carboxylic acids is 2. The second-order valence-electron chi connectivity index (χ2n) is 6.41. The number of aryl methyl sites for hydroxylation is 1. The monoisotopic (exact) mass is 416 g/mol. The number of nitrogens with one attached hydrogen (secondary N) is 1. The van der Waals surface area contributed by atoms with Crippen LogP contribution in [-0.4, -0.2) is 23.8 Å². The predicted octanol–water partition coefficient (Wildman–Crippen LogP) is 4.78. The van der Waals surface area contributed by atoms with Crippen molar-refractivity contribution in [3.05, 3.63) is 64.1 Å². The van der Waals surface area contributed by atoms with Crippen molar-refractivity contribution < 1.29 is 9.59 Å². The number of rotatable bonds is 8. The fourth-order valence-electron chi connectivity index (χ4n) is 2.63. The minimum absolute atomic E-state index is 0.000860. The van der Waals surface area contributed by atoms with Gasteiger partial charge < -0.3 is 10.2 Å². The van der Waals surface area contributed by atoms with Gasteiger partial charge in [0, 0.05) is 37.1 Å². The smallest absolute Gasteiger partial charge is 0.224 e. The highest BCUT2D eigenvalue weighted by molar-refractivity contribution is 9.10. The summed E-state index contributed by atoms with van der Waals surface area (Å²) < 4.78 is 1.08. The number of halogens is 1. The van der Waals surface area contributed by atoms with Crippen LogP contribution < -0.4 is 5.32 Å². The van der Waals surface area contributed by atoms with Gasteiger partial charge in [-0.1, -0.05) is 46.3 Å². The number of carbonyl (C=O) groups is 2. The van der Waals surface area contributed by atoms with E-state index in [1.807, 2.05) is 36.4 Å². The van der Waals surface area contributed by atoms with Gasteiger partial charge in [-0.25, -0.2) is 0 Å². The van der Waals surface area contributed by atoms with Crippen molar-refractivity contribution in [3.8, 4) is 0 Å². The molecule has 0 aromatic heterocycles. The third-order valence-corrected chi connectivity index (χ3v) is 4.80. The molecule has 138 valence electrons. The summed E-state index contributed by atoms with van der Waals surface area (Å²) in [6.45, 7) is 2.02. The Morgan fingerprint density at radius 3 is 2.42 bits per heavy atom. The molecular weight excluding hydrogens is 392 g/mol. The normalized spacial score (nSPS) is 10.4. The highest BCUT2D eigenvalue weighted by Crippen LogP contribution is 2.18. The summed E-state index contributed by atoms with van der Waals surface area (Å²) in [5, 5.41) is 2.98. The molecule has 1 N–H and O–H groups in total. The third-order valence-electron chi connectivity index (χ3n) is 4.27. The molecule has 0 saturated carbocycles. The quantitative estimate of drug-likeness (QED) is 0.629. The molecule has 4 nitrogen and oxygen atoms in total. The Balaban J connectivity index is 1.80. The average molecular weight is 417 g/mol. The van der Waals surface area contributed by atoms with Gasteiger partial charge in [-0.2, -0.15) is 0 Å². The van der Waals surface area contributed by atoms with Crippen LogP contribution in [0.4, 0.5) is 5.69 Å². The SMILES string of the molecule is CC(=O)N(C)Cc1ccccc1NC(=O)CCCCc1ccc(Br)cc1. The van der Waals surface area contributed by atoms with Gasteiger partial charge in [0.2, 0.25) is 11.8 Å². The van der Waals surface area contributed by atoms with Crippen molar-refractivity contribution in [2.45, 2.75) is 39.2 Å². The molecular formula is C21H25BrN2O2. The van der Waals surface area contributed by atoms with Crippen molar-refractivity contribution in [1.82, 2.24) is 4.90 Å². The van der Waals surface area contributed by atoms with E-state index in [4.69, 9.17) is 0 Å². The first-order chi connectivity index (χ1) is 12.5. The first-order valence-electron chi connectivity index (χ1n) is 8.79. The summed E-state index contributed by atoms with van der Waals surface area (Å²) in [6.07, 6.45) is 3.29. The summed E-state index contributed by atoms with van der Waals surface area (Å²) in [5.74, 6) is 0.0119. The highest BCUT2D eigenvalue weighted by Gasteiger charge is 2.10. The molecule has 2 amide bonds. The minimum atomic E-state index is -0.000860. The molecule has 0 radical (unpaired) electrons. The molecule has 2 aromatic carbocycles. The van der Waals surface area contributed by atoms with E-state index < -0.39 is 0 Å². The molecule has 0 aliphatic heterocycles. The molecule has 0 bridgehead atoms. The Bertz CT molecular complexity index is 744. The van der Waals surface area contributed by atoms with Crippen LogP contribution in [-0.2, 0) is 22.6 Å². The first kappa shape index (κ1) is 20.2. The molecule has 2 aromatic rings. The summed E-state index contributed by atoms with van der Waals surface area (Å²) in [4.78, 5) is 25.3. The fourth-order valence-corrected chi connectivity index (χ4v) is 2.89. The number of para-hydroxylation sites is 1. The van der Waals surface area contributed by atoms with Gasteiger partial charge in [0.15, 0.2) is 0 Å². The van der Waals surface area contributed by atoms with E-state index in [1.54, 1.807) is 11.9 Å². The van der Waals surface area contributed by atoms with E-state index >= 15 is 0 Å². The van der Waals surface area contributed by atoms with E-state index in [0.29, 0.717) is 13.0 Å². The van der Waals surface area contributed by atoms with Crippen LogP contribution in [0.3, 0.4) is 0 Å². The van der Waals surface area contributed by atoms with E-state index in [1.165, 1.54) is 12.5 Å². The lowest BCUT2D eigenvalue weighted by Crippen LogP contribution is -2.24. The van der Waals surface area contributed by atoms with Gasteiger partial charge in [-0.15, -0.1) is 0 Å². The maximum Gasteiger partial charge on any atom is 0.224 e. The number of hydrogen-bond donors (Lipinski definition) is 1. The summed E-state index contributed by atoms with van der Waals surface area (Å²) >= 11 is 3.43. The van der Waals surface area contributed by atoms with E-state index in [-0.39, 0.29) is 11.8 Å². The molecule has 0 fully saturated rings. The van der Waals surface area contributed by atoms with Gasteiger partial charge in [0.25, 0.3) is 0 Å². The van der Waals surface area contributed by atoms with Crippen LogP contribution in [0.2, 0.25) is 0 Å². The largest absolute Gasteiger partial charge is 0.342 e. The Morgan fingerprint density at radius 2 is 1.73 bits per heavy atom. The van der Waals surface area contributed by atoms with Crippen LogP contribution in [0.1, 0.15) is 37.3 Å². The van der Waals surface area contributed by atoms with Gasteiger partial charge >= 0.3 is 0 Å². The van der Waals surface area contributed by atoms with Crippen molar-refractivity contribution >= 4 is 33.4 Å². The van der Waals surface area contributed by atoms with Crippen LogP contribution in [0.5, 0.6) is 0 Å². The third kappa shape index (κ3) is 6.64. The van der Waals surface area contributed by atoms with Crippen molar-refractivity contribution in [2.24, 2.45) is 0 Å². The Hall–Kier alpha value is -2.14. The van der Waals surface area contributed by atoms with E-state index in [9.17, 15) is 9.59 Å². The van der Waals surface area contributed by atoms with Crippen LogP contribution in [0.15, 0.2) is 53.0 Å². The second-order valence-corrected chi connectivity index (χ2v) is 7.33. The van der Waals surface area contributed by atoms with Crippen LogP contribution >= 0.6 is 15.9 Å². The number of hydrogen-bond acceptors (Lipinski definition) is 2. The lowest BCUT2D eigenvalue weighted by atomic mass is 10.1. The van der Waals surface area contributed by atoms with Crippen LogP contribution in [0, 0.1) is 0 Å². The lowest BCUT2D eigenvalue weighted by molar-refractivity contribution is -0.128. The number of amides is 2. The Labute approximate surface area is 163 Å². The zero-order chi connectivity index (χ0) is 18.9. The Morgan fingerprint density at radius 1 is 1.04 bits per heavy atom. The number of anilines is 1. The topological polar surface area (TPSA) is 49.4 Å². The fraction of sp³-hybridized carbons (Fsp3) is 0.333. The van der Waals surface area contributed by atoms with Gasteiger partial charge in [-0.05, 0) is 48.6 Å². The van der Waals surface area contributed by atoms with E-state index in [2.05, 4.69) is 33.4 Å². The van der Waals surface area contributed by atoms with Gasteiger partial charge in [-0.3, -0.25) is 9.59 Å². The molecule has 5 heteroatoms. The van der Waals surface area contributed by atoms with Gasteiger partial charge in [0.05, 0.1) is 0 Å². The Kier molecular flexibility index (Phi) is 7.85. The molecule has 0 saturated heterocycles. The molecule has 0 spiro atoms. The number of benzene rings is 2. The summed E-state index contributed by atoms with van der Waals surface area (Å²) in [7, 11) is 1.75. The molecule has 0 atom stereocenters. The summed E-state index contributed by atoms with van der Waals surface area (Å²) in [5.41, 5.74) is 3.00. The first-order valence-corrected chi connectivity index (χ1v) is 9.59. The zero-order valence-corrected chi connectivity index (χ0v) is 16.9. The van der Waals surface area contributed by atoms with Crippen molar-refractivity contribution in [2.75, 3.05) is 12.4 Å². The molecule has 0 unspecified atom stereocenters. The van der Waals surface area contributed by atoms with E-state index in [0.717, 1.165) is 35.0 Å². The average Bonchev–Trinajstić information content (AvgIpc) is 2.62. The van der Waals surface area contributed by atoms with Crippen molar-refractivity contribution in [3.63, 3.8) is 0 Å². The predicted molar refractivity (Wildman–Crippen MR) is 109 cm³/mol. The maximum atomic E-state index is 12.2. The standard InChI is InChI=1S/C21H25BrN2O2/c1-16(25)24(2)15-18-8-4-5-9-20(18)23-21(26)10-6-3-7-17-11-13-19(22)14-12-17/h4-5,8-9,11-14H,3,6-7,10,15H2,1-2H3,(H,23,26). The minimum Gasteiger partial charge on any atom is -0.342 e. The van der Waals surface area contributed by atoms with Crippen LogP contribution in [0.25, 0.3) is 0 Å². The number of nitrogens with zero attached hydrogens (tertiary/aromatic N) is 1. The molecule has 0 heterocycles. The summed E-state index contributed by atoms with van der Waals surface area (Å²) in [6, 6.07) is 15.9. The molecule has 0 aliphatic carbocycles. The lowest BCUT2D eigenvalue weighted by Gasteiger charge is -2.18. The second kappa shape index (κ2) is 10.1. The van der Waals surface area contributed by atoms with Gasteiger partial charge in [0.1, 0.15) is 0 Å². The number of unbranched alkanes of at least 4 members (excludes halogenated alkanes) is 1. The molecule has 0 aliphatic rings. The molecule has 26 heavy (non-hydrogen) atoms.